The number of hydrogen-bond donors (Lipinski definition) is 0. The summed E-state index contributed by atoms with van der Waals surface area (Å²) in [5, 5.41) is 0. The molecule has 1 aromatic heterocycles. The molecule has 0 N–H and O–H groups in total. The number of likely N-dealkylation sites (tertiary alicyclic amines) is 1. The zero-order valence-electron chi connectivity index (χ0n) is 20.1. The minimum Gasteiger partial charge on any atom is -0.496 e. The Balaban J connectivity index is 1.63. The number of halogens is 3. The van der Waals surface area contributed by atoms with Gasteiger partial charge in [-0.05, 0) is 76.6 Å². The number of piperidine rings is 1. The van der Waals surface area contributed by atoms with Crippen molar-refractivity contribution < 1.29 is 27.5 Å². The highest BCUT2D eigenvalue weighted by molar-refractivity contribution is 5.99. The molecule has 2 aromatic rings. The molecule has 0 aliphatic carbocycles. The van der Waals surface area contributed by atoms with Crippen molar-refractivity contribution in [2.75, 3.05) is 33.8 Å². The molecule has 0 radical (unpaired) electrons. The Hall–Kier alpha value is -2.81. The van der Waals surface area contributed by atoms with Crippen molar-refractivity contribution >= 4 is 11.7 Å². The van der Waals surface area contributed by atoms with E-state index in [4.69, 9.17) is 4.74 Å². The number of fused-ring (bicyclic) bond motifs is 2. The number of carbonyl (C=O) groups excluding carboxylic acids is 2. The number of nitrogens with zero attached hydrogens (tertiary/aromatic N) is 3. The smallest absolute Gasteiger partial charge is 0.456 e. The van der Waals surface area contributed by atoms with Gasteiger partial charge < -0.3 is 14.2 Å². The van der Waals surface area contributed by atoms with Crippen molar-refractivity contribution in [1.82, 2.24) is 14.4 Å². The Kier molecular flexibility index (Phi) is 5.83. The largest absolute Gasteiger partial charge is 0.496 e. The molecule has 1 spiro atoms. The van der Waals surface area contributed by atoms with Gasteiger partial charge in [0.2, 0.25) is 0 Å². The molecule has 0 atom stereocenters. The number of carbonyl (C=O) groups is 2. The molecule has 1 amide bonds. The molecule has 0 bridgehead atoms. The van der Waals surface area contributed by atoms with Crippen molar-refractivity contribution in [1.29, 1.82) is 0 Å². The van der Waals surface area contributed by atoms with E-state index in [9.17, 15) is 22.8 Å². The van der Waals surface area contributed by atoms with Gasteiger partial charge in [0.25, 0.3) is 11.7 Å². The van der Waals surface area contributed by atoms with Gasteiger partial charge in [0.1, 0.15) is 5.75 Å². The van der Waals surface area contributed by atoms with Crippen LogP contribution in [-0.4, -0.2) is 66.0 Å². The predicted molar refractivity (Wildman–Crippen MR) is 121 cm³/mol. The molecule has 34 heavy (non-hydrogen) atoms. The third-order valence-corrected chi connectivity index (χ3v) is 7.33. The molecule has 3 heterocycles. The summed E-state index contributed by atoms with van der Waals surface area (Å²) in [5.74, 6) is -1.19. The Morgan fingerprint density at radius 3 is 2.26 bits per heavy atom. The molecule has 0 saturated carbocycles. The number of hydrogen-bond acceptors (Lipinski definition) is 4. The van der Waals surface area contributed by atoms with E-state index in [0.29, 0.717) is 49.5 Å². The Labute approximate surface area is 197 Å². The Bertz CT molecular complexity index is 1130. The van der Waals surface area contributed by atoms with Crippen molar-refractivity contribution in [3.63, 3.8) is 0 Å². The zero-order chi connectivity index (χ0) is 25.1. The minimum atomic E-state index is -4.94. The van der Waals surface area contributed by atoms with E-state index in [1.165, 1.54) is 6.07 Å². The van der Waals surface area contributed by atoms with Gasteiger partial charge >= 0.3 is 6.18 Å². The molecular weight excluding hydrogens is 447 g/mol. The molecule has 2 aliphatic rings. The molecule has 184 valence electrons. The first-order valence-electron chi connectivity index (χ1n) is 11.3. The zero-order valence-corrected chi connectivity index (χ0v) is 20.1. The molecule has 9 heteroatoms. The van der Waals surface area contributed by atoms with Gasteiger partial charge in [-0.3, -0.25) is 14.5 Å². The van der Waals surface area contributed by atoms with E-state index in [2.05, 4.69) is 4.90 Å². The van der Waals surface area contributed by atoms with Crippen LogP contribution in [0.2, 0.25) is 0 Å². The third kappa shape index (κ3) is 3.79. The molecule has 2 aliphatic heterocycles. The Morgan fingerprint density at radius 1 is 1.06 bits per heavy atom. The number of methoxy groups -OCH3 is 1. The van der Waals surface area contributed by atoms with Crippen LogP contribution in [0.15, 0.2) is 30.3 Å². The second-order valence-electron chi connectivity index (χ2n) is 9.94. The standard InChI is InChI=1S/C25H30F3N3O3/c1-16-14-17(6-8-19(16)34-5)22(33)30-12-10-24(11-13-30)20-9-7-18(21(32)25(26,27)28)31(20)23(2,3)15-29(24)4/h6-9,14H,10-13,15H2,1-5H3. The van der Waals surface area contributed by atoms with E-state index in [1.807, 2.05) is 27.8 Å². The fourth-order valence-corrected chi connectivity index (χ4v) is 5.68. The average Bonchev–Trinajstić information content (AvgIpc) is 3.23. The van der Waals surface area contributed by atoms with Gasteiger partial charge in [-0.1, -0.05) is 0 Å². The van der Waals surface area contributed by atoms with Crippen molar-refractivity contribution in [2.24, 2.45) is 0 Å². The number of alkyl halides is 3. The van der Waals surface area contributed by atoms with Crippen molar-refractivity contribution in [2.45, 2.75) is 50.9 Å². The maximum atomic E-state index is 13.3. The predicted octanol–water partition coefficient (Wildman–Crippen LogP) is 4.36. The summed E-state index contributed by atoms with van der Waals surface area (Å²) in [6, 6.07) is 8.28. The van der Waals surface area contributed by atoms with Crippen LogP contribution in [0.4, 0.5) is 13.2 Å². The maximum Gasteiger partial charge on any atom is 0.456 e. The summed E-state index contributed by atoms with van der Waals surface area (Å²) in [7, 11) is 3.55. The number of ketones is 1. The second-order valence-corrected chi connectivity index (χ2v) is 9.94. The molecule has 1 saturated heterocycles. The molecule has 4 rings (SSSR count). The van der Waals surface area contributed by atoms with Crippen LogP contribution in [0.1, 0.15) is 58.8 Å². The van der Waals surface area contributed by atoms with Gasteiger partial charge in [-0.15, -0.1) is 0 Å². The quantitative estimate of drug-likeness (QED) is 0.617. The van der Waals surface area contributed by atoms with E-state index in [-0.39, 0.29) is 11.6 Å². The number of benzene rings is 1. The molecular formula is C25H30F3N3O3. The first-order valence-corrected chi connectivity index (χ1v) is 11.3. The highest BCUT2D eigenvalue weighted by atomic mass is 19.4. The van der Waals surface area contributed by atoms with Crippen molar-refractivity contribution in [3.8, 4) is 5.75 Å². The van der Waals surface area contributed by atoms with Gasteiger partial charge in [-0.2, -0.15) is 13.2 Å². The molecule has 6 nitrogen and oxygen atoms in total. The normalized spacial score (nSPS) is 19.7. The van der Waals surface area contributed by atoms with Gasteiger partial charge in [-0.25, -0.2) is 0 Å². The lowest BCUT2D eigenvalue weighted by Crippen LogP contribution is -2.61. The lowest BCUT2D eigenvalue weighted by molar-refractivity contribution is -0.0897. The van der Waals surface area contributed by atoms with E-state index >= 15 is 0 Å². The fraction of sp³-hybridized carbons (Fsp3) is 0.520. The first-order chi connectivity index (χ1) is 15.8. The van der Waals surface area contributed by atoms with Crippen LogP contribution in [0.5, 0.6) is 5.75 Å². The SMILES string of the molecule is COc1ccc(C(=O)N2CCC3(CC2)c2ccc(C(=O)C(F)(F)F)n2C(C)(C)CN3C)cc1C. The van der Waals surface area contributed by atoms with Crippen LogP contribution in [0, 0.1) is 6.92 Å². The molecule has 1 fully saturated rings. The number of likely N-dealkylation sites (N-methyl/N-ethyl adjacent to an activating group) is 1. The van der Waals surface area contributed by atoms with Crippen LogP contribution in [0.25, 0.3) is 0 Å². The monoisotopic (exact) mass is 477 g/mol. The van der Waals surface area contributed by atoms with Crippen LogP contribution >= 0.6 is 0 Å². The lowest BCUT2D eigenvalue weighted by Gasteiger charge is -2.55. The van der Waals surface area contributed by atoms with Gasteiger partial charge in [0.15, 0.2) is 0 Å². The van der Waals surface area contributed by atoms with E-state index < -0.39 is 23.0 Å². The molecule has 0 unspecified atom stereocenters. The second kappa shape index (κ2) is 8.15. The minimum absolute atomic E-state index is 0.0808. The summed E-state index contributed by atoms with van der Waals surface area (Å²) in [6.07, 6.45) is -3.82. The average molecular weight is 478 g/mol. The van der Waals surface area contributed by atoms with Gasteiger partial charge in [0, 0.05) is 30.9 Å². The summed E-state index contributed by atoms with van der Waals surface area (Å²) in [4.78, 5) is 29.3. The first kappa shape index (κ1) is 24.3. The van der Waals surface area contributed by atoms with Crippen LogP contribution in [-0.2, 0) is 11.1 Å². The summed E-state index contributed by atoms with van der Waals surface area (Å²) in [6.45, 7) is 6.98. The number of aryl methyl sites for hydroxylation is 1. The highest BCUT2D eigenvalue weighted by Crippen LogP contribution is 2.46. The fourth-order valence-electron chi connectivity index (χ4n) is 5.68. The van der Waals surface area contributed by atoms with Gasteiger partial charge in [0.05, 0.1) is 23.9 Å². The van der Waals surface area contributed by atoms with E-state index in [1.54, 1.807) is 40.8 Å². The van der Waals surface area contributed by atoms with Crippen molar-refractivity contribution in [3.05, 3.63) is 52.8 Å². The number of ether oxygens (including phenoxy) is 1. The third-order valence-electron chi connectivity index (χ3n) is 7.33. The summed E-state index contributed by atoms with van der Waals surface area (Å²) >= 11 is 0. The molecule has 1 aromatic carbocycles. The van der Waals surface area contributed by atoms with Crippen LogP contribution in [0.3, 0.4) is 0 Å². The highest BCUT2D eigenvalue weighted by Gasteiger charge is 2.51. The summed E-state index contributed by atoms with van der Waals surface area (Å²) < 4.78 is 46.7. The number of Topliss-reactive ketones (excluding diaryl/α,β-unsaturated/α-hetero) is 1. The van der Waals surface area contributed by atoms with E-state index in [0.717, 1.165) is 5.56 Å². The topological polar surface area (TPSA) is 54.8 Å². The number of aromatic nitrogens is 1. The number of amides is 1. The Morgan fingerprint density at radius 2 is 1.71 bits per heavy atom. The maximum absolute atomic E-state index is 13.3. The van der Waals surface area contributed by atoms with Crippen LogP contribution < -0.4 is 4.74 Å². The number of rotatable bonds is 3. The summed E-state index contributed by atoms with van der Waals surface area (Å²) in [5.41, 5.74) is 0.581. The lowest BCUT2D eigenvalue weighted by atomic mass is 9.78.